The van der Waals surface area contributed by atoms with Gasteiger partial charge in [0.05, 0.1) is 19.2 Å². The lowest BCUT2D eigenvalue weighted by Gasteiger charge is -2.16. The van der Waals surface area contributed by atoms with Crippen LogP contribution in [-0.4, -0.2) is 19.6 Å². The lowest BCUT2D eigenvalue weighted by molar-refractivity contribution is -0.137. The summed E-state index contributed by atoms with van der Waals surface area (Å²) < 4.78 is 43.8. The highest BCUT2D eigenvalue weighted by atomic mass is 19.4. The molecule has 0 spiro atoms. The third-order valence-electron chi connectivity index (χ3n) is 4.57. The van der Waals surface area contributed by atoms with Gasteiger partial charge in [0, 0.05) is 11.1 Å². The lowest BCUT2D eigenvalue weighted by Crippen LogP contribution is -2.25. The summed E-state index contributed by atoms with van der Waals surface area (Å²) in [6.45, 7) is 0.350. The summed E-state index contributed by atoms with van der Waals surface area (Å²) in [6.07, 6.45) is -2.74. The fourth-order valence-corrected chi connectivity index (χ4v) is 2.81. The van der Waals surface area contributed by atoms with E-state index in [4.69, 9.17) is 10.5 Å². The van der Waals surface area contributed by atoms with E-state index in [1.165, 1.54) is 12.1 Å². The van der Waals surface area contributed by atoms with Crippen molar-refractivity contribution < 1.29 is 17.9 Å². The molecule has 1 fully saturated rings. The second-order valence-corrected chi connectivity index (χ2v) is 6.41. The van der Waals surface area contributed by atoms with Crippen molar-refractivity contribution in [3.8, 4) is 5.75 Å². The van der Waals surface area contributed by atoms with Crippen molar-refractivity contribution in [1.29, 1.82) is 0 Å². The molecule has 2 aromatic carbocycles. The predicted molar refractivity (Wildman–Crippen MR) is 95.5 cm³/mol. The number of guanidine groups is 1. The maximum absolute atomic E-state index is 12.9. The normalized spacial score (nSPS) is 16.2. The number of hydrogen-bond acceptors (Lipinski definition) is 2. The van der Waals surface area contributed by atoms with Crippen molar-refractivity contribution >= 4 is 11.6 Å². The number of aliphatic imine (C=N–C) groups is 1. The zero-order valence-corrected chi connectivity index (χ0v) is 14.3. The Morgan fingerprint density at radius 3 is 2.46 bits per heavy atom. The van der Waals surface area contributed by atoms with Gasteiger partial charge in [0.25, 0.3) is 0 Å². The Bertz CT molecular complexity index is 796. The molecule has 0 aliphatic heterocycles. The van der Waals surface area contributed by atoms with E-state index < -0.39 is 11.7 Å². The number of hydrogen-bond donors (Lipinski definition) is 2. The number of ether oxygens (including phenoxy) is 1. The number of nitrogens with one attached hydrogen (secondary N) is 1. The largest absolute Gasteiger partial charge is 0.497 e. The fraction of sp³-hybridized carbons (Fsp3) is 0.316. The van der Waals surface area contributed by atoms with E-state index in [2.05, 4.69) is 10.3 Å². The summed E-state index contributed by atoms with van der Waals surface area (Å²) in [7, 11) is 1.58. The smallest absolute Gasteiger partial charge is 0.416 e. The van der Waals surface area contributed by atoms with Crippen LogP contribution in [-0.2, 0) is 11.6 Å². The quantitative estimate of drug-likeness (QED) is 0.619. The second-order valence-electron chi connectivity index (χ2n) is 6.41. The Labute approximate surface area is 149 Å². The zero-order valence-electron chi connectivity index (χ0n) is 14.3. The van der Waals surface area contributed by atoms with Crippen LogP contribution in [0.5, 0.6) is 5.75 Å². The Morgan fingerprint density at radius 1 is 1.19 bits per heavy atom. The van der Waals surface area contributed by atoms with Crippen molar-refractivity contribution in [2.45, 2.75) is 24.4 Å². The molecular formula is C19H20F3N3O. The van der Waals surface area contributed by atoms with Crippen LogP contribution in [0.3, 0.4) is 0 Å². The molecule has 0 heterocycles. The topological polar surface area (TPSA) is 59.6 Å². The first kappa shape index (κ1) is 18.1. The minimum absolute atomic E-state index is 0.230. The van der Waals surface area contributed by atoms with Gasteiger partial charge in [0.1, 0.15) is 5.75 Å². The van der Waals surface area contributed by atoms with Crippen LogP contribution in [0.15, 0.2) is 53.5 Å². The fourth-order valence-electron chi connectivity index (χ4n) is 2.81. The Hall–Kier alpha value is -2.70. The molecular weight excluding hydrogens is 343 g/mol. The maximum Gasteiger partial charge on any atom is 0.416 e. The molecule has 0 amide bonds. The van der Waals surface area contributed by atoms with Gasteiger partial charge >= 0.3 is 6.18 Å². The van der Waals surface area contributed by atoms with E-state index in [-0.39, 0.29) is 11.4 Å². The highest BCUT2D eigenvalue weighted by molar-refractivity contribution is 5.92. The van der Waals surface area contributed by atoms with E-state index in [1.54, 1.807) is 37.4 Å². The van der Waals surface area contributed by atoms with Gasteiger partial charge in [-0.2, -0.15) is 13.2 Å². The molecule has 1 saturated carbocycles. The lowest BCUT2D eigenvalue weighted by atomic mass is 9.94. The molecule has 3 rings (SSSR count). The average molecular weight is 363 g/mol. The number of nitrogens with two attached hydrogens (primary N) is 1. The number of nitrogens with zero attached hydrogens (tertiary/aromatic N) is 1. The first-order chi connectivity index (χ1) is 12.3. The molecule has 0 saturated heterocycles. The van der Waals surface area contributed by atoms with E-state index in [0.29, 0.717) is 12.1 Å². The van der Waals surface area contributed by atoms with Crippen LogP contribution in [0, 0.1) is 0 Å². The number of halogens is 3. The maximum atomic E-state index is 12.9. The van der Waals surface area contributed by atoms with Gasteiger partial charge in [-0.15, -0.1) is 0 Å². The van der Waals surface area contributed by atoms with E-state index >= 15 is 0 Å². The first-order valence-electron chi connectivity index (χ1n) is 8.21. The SMILES string of the molecule is COc1ccc(NC(N)=NCC2(c3cccc(C(F)(F)F)c3)CC2)cc1. The van der Waals surface area contributed by atoms with Crippen LogP contribution in [0.2, 0.25) is 0 Å². The summed E-state index contributed by atoms with van der Waals surface area (Å²) in [5.74, 6) is 0.959. The molecule has 1 aliphatic carbocycles. The molecule has 0 unspecified atom stereocenters. The van der Waals surface area contributed by atoms with Crippen LogP contribution in [0.25, 0.3) is 0 Å². The molecule has 7 heteroatoms. The molecule has 0 atom stereocenters. The minimum Gasteiger partial charge on any atom is -0.497 e. The summed E-state index contributed by atoms with van der Waals surface area (Å²) in [6, 6.07) is 12.7. The van der Waals surface area contributed by atoms with Gasteiger partial charge < -0.3 is 15.8 Å². The van der Waals surface area contributed by atoms with Gasteiger partial charge in [-0.05, 0) is 48.7 Å². The predicted octanol–water partition coefficient (Wildman–Crippen LogP) is 4.17. The van der Waals surface area contributed by atoms with Crippen molar-refractivity contribution in [3.05, 3.63) is 59.7 Å². The van der Waals surface area contributed by atoms with Crippen molar-refractivity contribution in [2.75, 3.05) is 19.0 Å². The van der Waals surface area contributed by atoms with Crippen molar-refractivity contribution in [3.63, 3.8) is 0 Å². The highest BCUT2D eigenvalue weighted by Gasteiger charge is 2.45. The van der Waals surface area contributed by atoms with E-state index in [9.17, 15) is 13.2 Å². The van der Waals surface area contributed by atoms with Gasteiger partial charge in [0.15, 0.2) is 5.96 Å². The Balaban J connectivity index is 1.68. The van der Waals surface area contributed by atoms with Crippen LogP contribution >= 0.6 is 0 Å². The molecule has 138 valence electrons. The third-order valence-corrected chi connectivity index (χ3v) is 4.57. The number of anilines is 1. The number of rotatable bonds is 5. The molecule has 1 aliphatic rings. The minimum atomic E-state index is -4.34. The van der Waals surface area contributed by atoms with Crippen LogP contribution in [0.4, 0.5) is 18.9 Å². The molecule has 0 bridgehead atoms. The Morgan fingerprint density at radius 2 is 1.88 bits per heavy atom. The van der Waals surface area contributed by atoms with Crippen LogP contribution < -0.4 is 15.8 Å². The van der Waals surface area contributed by atoms with Gasteiger partial charge in [-0.1, -0.05) is 18.2 Å². The summed E-state index contributed by atoms with van der Waals surface area (Å²) >= 11 is 0. The van der Waals surface area contributed by atoms with E-state index in [1.807, 2.05) is 0 Å². The molecule has 0 radical (unpaired) electrons. The monoisotopic (exact) mass is 363 g/mol. The third kappa shape index (κ3) is 4.09. The molecule has 0 aromatic heterocycles. The summed E-state index contributed by atoms with van der Waals surface area (Å²) in [4.78, 5) is 4.34. The molecule has 26 heavy (non-hydrogen) atoms. The highest BCUT2D eigenvalue weighted by Crippen LogP contribution is 2.49. The van der Waals surface area contributed by atoms with E-state index in [0.717, 1.165) is 30.3 Å². The second kappa shape index (κ2) is 6.90. The van der Waals surface area contributed by atoms with Crippen molar-refractivity contribution in [1.82, 2.24) is 0 Å². The van der Waals surface area contributed by atoms with Crippen molar-refractivity contribution in [2.24, 2.45) is 10.7 Å². The average Bonchev–Trinajstić information content (AvgIpc) is 3.41. The van der Waals surface area contributed by atoms with Crippen LogP contribution in [0.1, 0.15) is 24.0 Å². The number of alkyl halides is 3. The first-order valence-corrected chi connectivity index (χ1v) is 8.21. The Kier molecular flexibility index (Phi) is 4.80. The van der Waals surface area contributed by atoms with Gasteiger partial charge in [0.2, 0.25) is 0 Å². The molecule has 4 nitrogen and oxygen atoms in total. The standard InChI is InChI=1S/C19H20F3N3O/c1-26-16-7-5-15(6-8-16)25-17(23)24-12-18(9-10-18)13-3-2-4-14(11-13)19(20,21)22/h2-8,11H,9-10,12H2,1H3,(H3,23,24,25). The zero-order chi connectivity index (χ0) is 18.8. The number of methoxy groups -OCH3 is 1. The van der Waals surface area contributed by atoms with Gasteiger partial charge in [-0.3, -0.25) is 4.99 Å². The summed E-state index contributed by atoms with van der Waals surface area (Å²) in [5.41, 5.74) is 6.35. The molecule has 2 aromatic rings. The number of benzene rings is 2. The molecule has 3 N–H and O–H groups in total. The van der Waals surface area contributed by atoms with Gasteiger partial charge in [-0.25, -0.2) is 0 Å². The summed E-state index contributed by atoms with van der Waals surface area (Å²) in [5, 5.41) is 2.97.